The van der Waals surface area contributed by atoms with Gasteiger partial charge in [0.15, 0.2) is 5.79 Å². The van der Waals surface area contributed by atoms with Crippen LogP contribution in [-0.4, -0.2) is 40.9 Å². The van der Waals surface area contributed by atoms with Gasteiger partial charge in [0.25, 0.3) is 0 Å². The van der Waals surface area contributed by atoms with E-state index in [4.69, 9.17) is 14.6 Å². The maximum absolute atomic E-state index is 9.40. The SMILES string of the molecule is C[C@H](O)[C@H](O)[C@H]1COC(C)(C)O1. The molecule has 0 aromatic heterocycles. The van der Waals surface area contributed by atoms with Gasteiger partial charge in [-0.3, -0.25) is 0 Å². The lowest BCUT2D eigenvalue weighted by molar-refractivity contribution is -0.159. The monoisotopic (exact) mass is 176 g/mol. The molecule has 0 amide bonds. The quantitative estimate of drug-likeness (QED) is 0.616. The van der Waals surface area contributed by atoms with Gasteiger partial charge in [0.05, 0.1) is 12.7 Å². The topological polar surface area (TPSA) is 58.9 Å². The summed E-state index contributed by atoms with van der Waals surface area (Å²) in [6, 6.07) is 0. The summed E-state index contributed by atoms with van der Waals surface area (Å²) in [5, 5.41) is 18.5. The van der Waals surface area contributed by atoms with Crippen molar-refractivity contribution in [1.82, 2.24) is 0 Å². The Morgan fingerprint density at radius 3 is 2.33 bits per heavy atom. The van der Waals surface area contributed by atoms with E-state index in [9.17, 15) is 5.11 Å². The van der Waals surface area contributed by atoms with Gasteiger partial charge in [-0.15, -0.1) is 0 Å². The second kappa shape index (κ2) is 3.30. The Balaban J connectivity index is 2.47. The average molecular weight is 176 g/mol. The van der Waals surface area contributed by atoms with Crippen molar-refractivity contribution in [2.45, 2.75) is 44.9 Å². The smallest absolute Gasteiger partial charge is 0.163 e. The Bertz CT molecular complexity index is 155. The van der Waals surface area contributed by atoms with E-state index in [0.29, 0.717) is 6.61 Å². The van der Waals surface area contributed by atoms with E-state index in [2.05, 4.69) is 0 Å². The maximum Gasteiger partial charge on any atom is 0.163 e. The van der Waals surface area contributed by atoms with Crippen molar-refractivity contribution in [2.75, 3.05) is 6.61 Å². The van der Waals surface area contributed by atoms with Gasteiger partial charge in [0, 0.05) is 0 Å². The third-order valence-corrected chi connectivity index (χ3v) is 1.91. The fraction of sp³-hybridized carbons (Fsp3) is 1.00. The van der Waals surface area contributed by atoms with Crippen molar-refractivity contribution >= 4 is 0 Å². The van der Waals surface area contributed by atoms with Gasteiger partial charge in [-0.25, -0.2) is 0 Å². The van der Waals surface area contributed by atoms with Crippen LogP contribution >= 0.6 is 0 Å². The van der Waals surface area contributed by atoms with Crippen LogP contribution < -0.4 is 0 Å². The predicted molar refractivity (Wildman–Crippen MR) is 42.6 cm³/mol. The molecule has 1 aliphatic rings. The zero-order valence-electron chi connectivity index (χ0n) is 7.65. The van der Waals surface area contributed by atoms with Crippen LogP contribution in [0.25, 0.3) is 0 Å². The molecule has 1 rings (SSSR count). The highest BCUT2D eigenvalue weighted by molar-refractivity contribution is 4.80. The number of aliphatic hydroxyl groups is 2. The molecule has 0 radical (unpaired) electrons. The van der Waals surface area contributed by atoms with E-state index >= 15 is 0 Å². The highest BCUT2D eigenvalue weighted by atomic mass is 16.7. The molecule has 1 saturated heterocycles. The summed E-state index contributed by atoms with van der Waals surface area (Å²) in [5.41, 5.74) is 0. The van der Waals surface area contributed by atoms with Gasteiger partial charge in [-0.05, 0) is 20.8 Å². The van der Waals surface area contributed by atoms with Gasteiger partial charge in [-0.2, -0.15) is 0 Å². The zero-order chi connectivity index (χ0) is 9.35. The molecule has 1 heterocycles. The summed E-state index contributed by atoms with van der Waals surface area (Å²) >= 11 is 0. The summed E-state index contributed by atoms with van der Waals surface area (Å²) in [4.78, 5) is 0. The average Bonchev–Trinajstić information content (AvgIpc) is 2.28. The first-order chi connectivity index (χ1) is 5.42. The van der Waals surface area contributed by atoms with Crippen LogP contribution in [0, 0.1) is 0 Å². The molecule has 0 aromatic rings. The molecule has 12 heavy (non-hydrogen) atoms. The summed E-state index contributed by atoms with van der Waals surface area (Å²) in [7, 11) is 0. The summed E-state index contributed by atoms with van der Waals surface area (Å²) in [5.74, 6) is -0.638. The van der Waals surface area contributed by atoms with Crippen LogP contribution in [0.3, 0.4) is 0 Å². The van der Waals surface area contributed by atoms with Gasteiger partial charge >= 0.3 is 0 Å². The number of hydrogen-bond acceptors (Lipinski definition) is 4. The van der Waals surface area contributed by atoms with E-state index in [1.807, 2.05) is 0 Å². The van der Waals surface area contributed by atoms with Crippen molar-refractivity contribution in [1.29, 1.82) is 0 Å². The Hall–Kier alpha value is -0.160. The first kappa shape index (κ1) is 9.92. The van der Waals surface area contributed by atoms with Gasteiger partial charge in [0.1, 0.15) is 12.2 Å². The second-order valence-electron chi connectivity index (χ2n) is 3.60. The lowest BCUT2D eigenvalue weighted by atomic mass is 10.1. The molecule has 0 bridgehead atoms. The molecule has 2 N–H and O–H groups in total. The van der Waals surface area contributed by atoms with E-state index < -0.39 is 24.1 Å². The Morgan fingerprint density at radius 1 is 1.42 bits per heavy atom. The lowest BCUT2D eigenvalue weighted by Crippen LogP contribution is -2.38. The minimum absolute atomic E-state index is 0.332. The standard InChI is InChI=1S/C8H16O4/c1-5(9)7(10)6-4-11-8(2,3)12-6/h5-7,9-10H,4H2,1-3H3/t5-,6+,7-/m0/s1. The number of hydrogen-bond donors (Lipinski definition) is 2. The minimum atomic E-state index is -0.869. The predicted octanol–water partition coefficient (Wildman–Crippen LogP) is -0.120. The first-order valence-electron chi connectivity index (χ1n) is 4.10. The molecule has 0 aromatic carbocycles. The van der Waals surface area contributed by atoms with Crippen molar-refractivity contribution in [3.8, 4) is 0 Å². The second-order valence-corrected chi connectivity index (χ2v) is 3.60. The Labute approximate surface area is 72.1 Å². The molecule has 72 valence electrons. The number of rotatable bonds is 2. The van der Waals surface area contributed by atoms with Crippen LogP contribution in [-0.2, 0) is 9.47 Å². The molecular formula is C8H16O4. The van der Waals surface area contributed by atoms with Crippen molar-refractivity contribution in [3.63, 3.8) is 0 Å². The molecule has 0 aliphatic carbocycles. The van der Waals surface area contributed by atoms with Crippen molar-refractivity contribution in [3.05, 3.63) is 0 Å². The van der Waals surface area contributed by atoms with Gasteiger partial charge < -0.3 is 19.7 Å². The molecule has 1 aliphatic heterocycles. The van der Waals surface area contributed by atoms with Crippen LogP contribution in [0.1, 0.15) is 20.8 Å². The third-order valence-electron chi connectivity index (χ3n) is 1.91. The molecule has 0 unspecified atom stereocenters. The minimum Gasteiger partial charge on any atom is -0.391 e. The normalized spacial score (nSPS) is 33.2. The van der Waals surface area contributed by atoms with E-state index in [0.717, 1.165) is 0 Å². The number of ether oxygens (including phenoxy) is 2. The molecule has 0 saturated carbocycles. The third kappa shape index (κ3) is 2.17. The van der Waals surface area contributed by atoms with E-state index in [1.165, 1.54) is 6.92 Å². The maximum atomic E-state index is 9.40. The lowest BCUT2D eigenvalue weighted by Gasteiger charge is -2.21. The number of aliphatic hydroxyl groups excluding tert-OH is 2. The Morgan fingerprint density at radius 2 is 2.00 bits per heavy atom. The van der Waals surface area contributed by atoms with Gasteiger partial charge in [-0.1, -0.05) is 0 Å². The van der Waals surface area contributed by atoms with E-state index in [-0.39, 0.29) is 0 Å². The largest absolute Gasteiger partial charge is 0.391 e. The Kier molecular flexibility index (Phi) is 2.73. The molecule has 3 atom stereocenters. The first-order valence-corrected chi connectivity index (χ1v) is 4.10. The van der Waals surface area contributed by atoms with Crippen molar-refractivity contribution < 1.29 is 19.7 Å². The summed E-state index contributed by atoms with van der Waals surface area (Å²) in [6.45, 7) is 5.42. The fourth-order valence-electron chi connectivity index (χ4n) is 1.19. The zero-order valence-corrected chi connectivity index (χ0v) is 7.65. The molecule has 4 nitrogen and oxygen atoms in total. The fourth-order valence-corrected chi connectivity index (χ4v) is 1.19. The van der Waals surface area contributed by atoms with Crippen LogP contribution in [0.4, 0.5) is 0 Å². The highest BCUT2D eigenvalue weighted by Crippen LogP contribution is 2.24. The molecule has 4 heteroatoms. The molecule has 0 spiro atoms. The van der Waals surface area contributed by atoms with Crippen LogP contribution in [0.5, 0.6) is 0 Å². The summed E-state index contributed by atoms with van der Waals surface area (Å²) in [6.07, 6.45) is -2.07. The molecular weight excluding hydrogens is 160 g/mol. The summed E-state index contributed by atoms with van der Waals surface area (Å²) < 4.78 is 10.6. The van der Waals surface area contributed by atoms with Gasteiger partial charge in [0.2, 0.25) is 0 Å². The highest BCUT2D eigenvalue weighted by Gasteiger charge is 2.38. The van der Waals surface area contributed by atoms with E-state index in [1.54, 1.807) is 13.8 Å². The van der Waals surface area contributed by atoms with Crippen LogP contribution in [0.2, 0.25) is 0 Å². The van der Waals surface area contributed by atoms with Crippen LogP contribution in [0.15, 0.2) is 0 Å². The molecule has 1 fully saturated rings. The van der Waals surface area contributed by atoms with Crippen molar-refractivity contribution in [2.24, 2.45) is 0 Å².